The fraction of sp³-hybridized carbons (Fsp3) is 0.452. The molecule has 0 aliphatic heterocycles. The number of fused-ring (bicyclic) bond motifs is 3. The summed E-state index contributed by atoms with van der Waals surface area (Å²) in [6.45, 7) is 3.95. The van der Waals surface area contributed by atoms with Gasteiger partial charge >= 0.3 is 12.1 Å². The Labute approximate surface area is 229 Å². The zero-order valence-corrected chi connectivity index (χ0v) is 22.7. The molecule has 2 amide bonds. The maximum atomic E-state index is 13.0. The van der Waals surface area contributed by atoms with Crippen LogP contribution in [-0.2, 0) is 23.8 Å². The summed E-state index contributed by atoms with van der Waals surface area (Å²) in [6, 6.07) is 14.4. The largest absolute Gasteiger partial charge is 0.467 e. The van der Waals surface area contributed by atoms with Crippen LogP contribution in [0.5, 0.6) is 0 Å². The fourth-order valence-corrected chi connectivity index (χ4v) is 5.42. The molecule has 8 heteroatoms. The molecule has 8 nitrogen and oxygen atoms in total. The molecule has 0 aromatic heterocycles. The minimum atomic E-state index is -1.04. The van der Waals surface area contributed by atoms with Crippen LogP contribution in [0.1, 0.15) is 56.6 Å². The normalized spacial score (nSPS) is 19.4. The Kier molecular flexibility index (Phi) is 9.61. The van der Waals surface area contributed by atoms with Crippen LogP contribution in [0.15, 0.2) is 48.5 Å². The van der Waals surface area contributed by atoms with E-state index in [2.05, 4.69) is 34.6 Å². The second-order valence-electron chi connectivity index (χ2n) is 9.98. The molecule has 4 rings (SSSR count). The molecule has 2 aromatic rings. The second-order valence-corrected chi connectivity index (χ2v) is 9.98. The summed E-state index contributed by atoms with van der Waals surface area (Å²) < 4.78 is 16.3. The van der Waals surface area contributed by atoms with Gasteiger partial charge in [-0.2, -0.15) is 0 Å². The molecular weight excluding hydrogens is 496 g/mol. The maximum absolute atomic E-state index is 13.0. The number of hydrogen-bond acceptors (Lipinski definition) is 6. The summed E-state index contributed by atoms with van der Waals surface area (Å²) in [6.07, 6.45) is 2.22. The van der Waals surface area contributed by atoms with Gasteiger partial charge in [-0.25, -0.2) is 9.59 Å². The van der Waals surface area contributed by atoms with E-state index in [1.54, 1.807) is 13.8 Å². The molecule has 0 radical (unpaired) electrons. The minimum Gasteiger partial charge on any atom is -0.467 e. The number of methoxy groups -OCH3 is 1. The smallest absolute Gasteiger partial charge is 0.407 e. The van der Waals surface area contributed by atoms with E-state index in [1.807, 2.05) is 36.4 Å². The number of carbonyl (C=O) groups is 3. The zero-order valence-electron chi connectivity index (χ0n) is 22.7. The SMILES string of the molecule is CC#CCOC1CCC(C(=O)N[C@H](C(=O)OC)C(C)NC(=O)OCC2c3ccccc3-c3ccccc32)CC1. The molecule has 2 aliphatic rings. The number of benzene rings is 2. The van der Waals surface area contributed by atoms with Gasteiger partial charge in [0.15, 0.2) is 0 Å². The highest BCUT2D eigenvalue weighted by Gasteiger charge is 2.34. The number of nitrogens with one attached hydrogen (secondary N) is 2. The predicted molar refractivity (Wildman–Crippen MR) is 147 cm³/mol. The van der Waals surface area contributed by atoms with Crippen molar-refractivity contribution in [2.75, 3.05) is 20.3 Å². The molecule has 2 atom stereocenters. The first-order valence-corrected chi connectivity index (χ1v) is 13.4. The summed E-state index contributed by atoms with van der Waals surface area (Å²) in [4.78, 5) is 38.3. The van der Waals surface area contributed by atoms with Crippen LogP contribution < -0.4 is 10.6 Å². The number of alkyl carbamates (subject to hydrolysis) is 1. The molecular formula is C31H36N2O6. The lowest BCUT2D eigenvalue weighted by molar-refractivity contribution is -0.146. The molecule has 0 bridgehead atoms. The summed E-state index contributed by atoms with van der Waals surface area (Å²) in [7, 11) is 1.25. The Morgan fingerprint density at radius 1 is 0.949 bits per heavy atom. The highest BCUT2D eigenvalue weighted by Crippen LogP contribution is 2.44. The summed E-state index contributed by atoms with van der Waals surface area (Å²) in [5.74, 6) is 4.50. The number of amides is 2. The van der Waals surface area contributed by atoms with E-state index >= 15 is 0 Å². The summed E-state index contributed by atoms with van der Waals surface area (Å²) in [5.41, 5.74) is 4.49. The Morgan fingerprint density at radius 2 is 1.56 bits per heavy atom. The third-order valence-electron chi connectivity index (χ3n) is 7.56. The van der Waals surface area contributed by atoms with E-state index in [-0.39, 0.29) is 30.5 Å². The van der Waals surface area contributed by atoms with Gasteiger partial charge in [0.2, 0.25) is 5.91 Å². The molecule has 39 heavy (non-hydrogen) atoms. The molecule has 0 spiro atoms. The number of esters is 1. The van der Waals surface area contributed by atoms with Crippen molar-refractivity contribution in [1.29, 1.82) is 0 Å². The van der Waals surface area contributed by atoms with Gasteiger partial charge in [0.05, 0.1) is 19.3 Å². The van der Waals surface area contributed by atoms with Crippen LogP contribution in [0.2, 0.25) is 0 Å². The third-order valence-corrected chi connectivity index (χ3v) is 7.56. The van der Waals surface area contributed by atoms with Crippen molar-refractivity contribution >= 4 is 18.0 Å². The number of carbonyl (C=O) groups excluding carboxylic acids is 3. The van der Waals surface area contributed by atoms with Crippen LogP contribution in [0.3, 0.4) is 0 Å². The van der Waals surface area contributed by atoms with Crippen LogP contribution >= 0.6 is 0 Å². The quantitative estimate of drug-likeness (QED) is 0.371. The van der Waals surface area contributed by atoms with Crippen LogP contribution in [-0.4, -0.2) is 56.5 Å². The number of rotatable bonds is 9. The highest BCUT2D eigenvalue weighted by atomic mass is 16.5. The van der Waals surface area contributed by atoms with E-state index < -0.39 is 24.1 Å². The van der Waals surface area contributed by atoms with Crippen molar-refractivity contribution in [3.8, 4) is 23.0 Å². The first kappa shape index (κ1) is 28.2. The van der Waals surface area contributed by atoms with Crippen molar-refractivity contribution in [3.05, 3.63) is 59.7 Å². The lowest BCUT2D eigenvalue weighted by Gasteiger charge is -2.30. The van der Waals surface area contributed by atoms with Gasteiger partial charge in [-0.05, 0) is 61.8 Å². The van der Waals surface area contributed by atoms with Gasteiger partial charge in [0.25, 0.3) is 0 Å². The average Bonchev–Trinajstić information content (AvgIpc) is 3.28. The van der Waals surface area contributed by atoms with Crippen molar-refractivity contribution in [3.63, 3.8) is 0 Å². The standard InChI is InChI=1S/C31H36N2O6/c1-4-5-18-38-22-16-14-21(15-17-22)29(34)33-28(30(35)37-3)20(2)32-31(36)39-19-27-25-12-8-6-10-23(25)24-11-7-9-13-26(24)27/h6-13,20-22,27-28H,14-19H2,1-3H3,(H,32,36)(H,33,34)/t20?,21?,22?,28-/m0/s1. The van der Waals surface area contributed by atoms with Gasteiger partial charge in [-0.3, -0.25) is 4.79 Å². The molecule has 2 N–H and O–H groups in total. The van der Waals surface area contributed by atoms with Crippen molar-refractivity contribution in [2.45, 2.75) is 63.6 Å². The monoisotopic (exact) mass is 532 g/mol. The summed E-state index contributed by atoms with van der Waals surface area (Å²) in [5, 5.41) is 5.49. The predicted octanol–water partition coefficient (Wildman–Crippen LogP) is 4.17. The van der Waals surface area contributed by atoms with Crippen molar-refractivity contribution in [1.82, 2.24) is 10.6 Å². The second kappa shape index (κ2) is 13.3. The zero-order chi connectivity index (χ0) is 27.8. The van der Waals surface area contributed by atoms with Crippen molar-refractivity contribution in [2.24, 2.45) is 5.92 Å². The maximum Gasteiger partial charge on any atom is 0.407 e. The highest BCUT2D eigenvalue weighted by molar-refractivity contribution is 5.87. The molecule has 2 aromatic carbocycles. The minimum absolute atomic E-state index is 0.0808. The molecule has 206 valence electrons. The van der Waals surface area contributed by atoms with Crippen LogP contribution in [0, 0.1) is 17.8 Å². The fourth-order valence-electron chi connectivity index (χ4n) is 5.42. The molecule has 1 fully saturated rings. The molecule has 0 saturated heterocycles. The van der Waals surface area contributed by atoms with E-state index in [1.165, 1.54) is 7.11 Å². The first-order chi connectivity index (χ1) is 18.9. The number of hydrogen-bond donors (Lipinski definition) is 2. The van der Waals surface area contributed by atoms with E-state index in [9.17, 15) is 14.4 Å². The van der Waals surface area contributed by atoms with Crippen LogP contribution in [0.4, 0.5) is 4.79 Å². The van der Waals surface area contributed by atoms with E-state index in [0.717, 1.165) is 35.1 Å². The van der Waals surface area contributed by atoms with Gasteiger partial charge in [-0.1, -0.05) is 54.5 Å². The average molecular weight is 533 g/mol. The third kappa shape index (κ3) is 6.79. The van der Waals surface area contributed by atoms with E-state index in [4.69, 9.17) is 14.2 Å². The first-order valence-electron chi connectivity index (χ1n) is 13.4. The Bertz CT molecular complexity index is 1200. The molecule has 0 heterocycles. The van der Waals surface area contributed by atoms with Gasteiger partial charge in [-0.15, -0.1) is 5.92 Å². The summed E-state index contributed by atoms with van der Waals surface area (Å²) >= 11 is 0. The Balaban J connectivity index is 1.31. The van der Waals surface area contributed by atoms with Gasteiger partial charge < -0.3 is 24.8 Å². The topological polar surface area (TPSA) is 103 Å². The molecule has 1 saturated carbocycles. The van der Waals surface area contributed by atoms with Gasteiger partial charge in [0, 0.05) is 11.8 Å². The van der Waals surface area contributed by atoms with Crippen molar-refractivity contribution < 1.29 is 28.6 Å². The molecule has 1 unspecified atom stereocenters. The lowest BCUT2D eigenvalue weighted by Crippen LogP contribution is -2.56. The molecule has 2 aliphatic carbocycles. The van der Waals surface area contributed by atoms with E-state index in [0.29, 0.717) is 19.4 Å². The van der Waals surface area contributed by atoms with Gasteiger partial charge in [0.1, 0.15) is 19.3 Å². The number of ether oxygens (including phenoxy) is 3. The van der Waals surface area contributed by atoms with Crippen LogP contribution in [0.25, 0.3) is 11.1 Å². The Morgan fingerprint density at radius 3 is 2.15 bits per heavy atom. The lowest BCUT2D eigenvalue weighted by atomic mass is 9.86. The Hall–Kier alpha value is -3.83.